The third-order valence-corrected chi connectivity index (χ3v) is 6.21. The number of thiocarbonyl (C=S) groups is 1. The number of ether oxygens (including phenoxy) is 1. The normalized spacial score (nSPS) is 14.5. The molecule has 0 aliphatic carbocycles. The monoisotopic (exact) mass is 447 g/mol. The molecule has 7 heteroatoms. The van der Waals surface area contributed by atoms with Gasteiger partial charge in [-0.2, -0.15) is 0 Å². The van der Waals surface area contributed by atoms with Crippen molar-refractivity contribution < 1.29 is 14.3 Å². The number of carbonyl (C=O) groups is 2. The summed E-state index contributed by atoms with van der Waals surface area (Å²) in [6.45, 7) is 3.38. The molecular weight excluding hydrogens is 422 g/mol. The van der Waals surface area contributed by atoms with Crippen LogP contribution in [-0.2, 0) is 16.1 Å². The summed E-state index contributed by atoms with van der Waals surface area (Å²) in [6.07, 6.45) is 4.47. The maximum absolute atomic E-state index is 12.7. The average Bonchev–Trinajstić information content (AvgIpc) is 3.15. The molecule has 4 rings (SSSR count). The molecule has 0 radical (unpaired) electrons. The van der Waals surface area contributed by atoms with Crippen molar-refractivity contribution in [3.63, 3.8) is 0 Å². The Kier molecular flexibility index (Phi) is 6.10. The summed E-state index contributed by atoms with van der Waals surface area (Å²) < 4.78 is 8.06. The second-order valence-corrected chi connectivity index (χ2v) is 8.20. The number of amides is 2. The third kappa shape index (κ3) is 4.03. The first kappa shape index (κ1) is 21.8. The molecule has 1 aromatic heterocycles. The fourth-order valence-corrected chi connectivity index (χ4v) is 4.01. The van der Waals surface area contributed by atoms with Crippen molar-refractivity contribution in [3.05, 3.63) is 71.4 Å². The van der Waals surface area contributed by atoms with E-state index >= 15 is 0 Å². The Balaban J connectivity index is 1.57. The molecule has 1 fully saturated rings. The minimum Gasteiger partial charge on any atom is -0.493 e. The molecule has 0 bridgehead atoms. The highest BCUT2D eigenvalue weighted by atomic mass is 32.1. The molecule has 0 spiro atoms. The molecule has 2 heterocycles. The first-order valence-corrected chi connectivity index (χ1v) is 10.9. The molecule has 0 unspecified atom stereocenters. The van der Waals surface area contributed by atoms with Crippen LogP contribution in [0, 0.1) is 6.92 Å². The molecule has 1 aliphatic rings. The van der Waals surface area contributed by atoms with Gasteiger partial charge in [-0.05, 0) is 49.3 Å². The largest absolute Gasteiger partial charge is 0.493 e. The van der Waals surface area contributed by atoms with E-state index in [1.54, 1.807) is 20.2 Å². The lowest BCUT2D eigenvalue weighted by Gasteiger charge is -2.31. The van der Waals surface area contributed by atoms with Gasteiger partial charge in [-0.15, -0.1) is 0 Å². The van der Waals surface area contributed by atoms with Crippen molar-refractivity contribution in [1.82, 2.24) is 14.4 Å². The maximum Gasteiger partial charge on any atom is 0.265 e. The van der Waals surface area contributed by atoms with E-state index in [4.69, 9.17) is 17.0 Å². The minimum absolute atomic E-state index is 0.106. The van der Waals surface area contributed by atoms with Gasteiger partial charge >= 0.3 is 0 Å². The Morgan fingerprint density at radius 1 is 0.969 bits per heavy atom. The number of aromatic nitrogens is 1. The molecule has 0 saturated carbocycles. The number of benzene rings is 2. The second-order valence-electron chi connectivity index (χ2n) is 7.83. The number of para-hydroxylation sites is 2. The summed E-state index contributed by atoms with van der Waals surface area (Å²) in [5.74, 6) is 0.124. The SMILES string of the molecule is Cc1ccccc1OCCCn1cc(C=C2C(=O)N(C)C(=S)N(C)C2=O)c2ccccc21. The molecule has 6 nitrogen and oxygen atoms in total. The van der Waals surface area contributed by atoms with E-state index in [-0.39, 0.29) is 22.5 Å². The van der Waals surface area contributed by atoms with Crippen molar-refractivity contribution in [1.29, 1.82) is 0 Å². The second kappa shape index (κ2) is 8.96. The average molecular weight is 448 g/mol. The molecule has 3 aromatic rings. The molecule has 1 aliphatic heterocycles. The predicted octanol–water partition coefficient (Wildman–Crippen LogP) is 4.02. The van der Waals surface area contributed by atoms with Gasteiger partial charge in [0.25, 0.3) is 11.8 Å². The number of nitrogens with zero attached hydrogens (tertiary/aromatic N) is 3. The van der Waals surface area contributed by atoms with Crippen molar-refractivity contribution in [2.75, 3.05) is 20.7 Å². The zero-order valence-electron chi connectivity index (χ0n) is 18.4. The van der Waals surface area contributed by atoms with Crippen LogP contribution in [0.15, 0.2) is 60.3 Å². The molecule has 0 N–H and O–H groups in total. The van der Waals surface area contributed by atoms with Gasteiger partial charge in [0, 0.05) is 43.3 Å². The lowest BCUT2D eigenvalue weighted by molar-refractivity contribution is -0.132. The highest BCUT2D eigenvalue weighted by Gasteiger charge is 2.35. The van der Waals surface area contributed by atoms with Crippen LogP contribution in [0.25, 0.3) is 17.0 Å². The zero-order chi connectivity index (χ0) is 22.8. The predicted molar refractivity (Wildman–Crippen MR) is 129 cm³/mol. The Morgan fingerprint density at radius 2 is 1.62 bits per heavy atom. The van der Waals surface area contributed by atoms with Crippen LogP contribution in [-0.4, -0.2) is 52.0 Å². The van der Waals surface area contributed by atoms with E-state index in [0.717, 1.165) is 40.7 Å². The van der Waals surface area contributed by atoms with E-state index in [1.165, 1.54) is 9.80 Å². The highest BCUT2D eigenvalue weighted by Crippen LogP contribution is 2.26. The smallest absolute Gasteiger partial charge is 0.265 e. The first-order chi connectivity index (χ1) is 15.4. The summed E-state index contributed by atoms with van der Waals surface area (Å²) in [7, 11) is 3.17. The summed E-state index contributed by atoms with van der Waals surface area (Å²) in [4.78, 5) is 28.1. The van der Waals surface area contributed by atoms with Crippen LogP contribution in [0.5, 0.6) is 5.75 Å². The fraction of sp³-hybridized carbons (Fsp3) is 0.240. The quantitative estimate of drug-likeness (QED) is 0.248. The molecule has 2 amide bonds. The Morgan fingerprint density at radius 3 is 2.34 bits per heavy atom. The van der Waals surface area contributed by atoms with Crippen molar-refractivity contribution in [2.24, 2.45) is 0 Å². The Bertz CT molecular complexity index is 1220. The van der Waals surface area contributed by atoms with E-state index in [9.17, 15) is 9.59 Å². The number of aryl methyl sites for hydroxylation is 2. The van der Waals surface area contributed by atoms with Crippen LogP contribution >= 0.6 is 12.2 Å². The van der Waals surface area contributed by atoms with Gasteiger partial charge in [-0.25, -0.2) is 0 Å². The molecule has 32 heavy (non-hydrogen) atoms. The van der Waals surface area contributed by atoms with Gasteiger partial charge in [0.1, 0.15) is 11.3 Å². The van der Waals surface area contributed by atoms with Gasteiger partial charge in [-0.1, -0.05) is 36.4 Å². The topological polar surface area (TPSA) is 54.8 Å². The van der Waals surface area contributed by atoms with Crippen LogP contribution in [0.4, 0.5) is 0 Å². The third-order valence-electron chi connectivity index (χ3n) is 5.66. The van der Waals surface area contributed by atoms with E-state index < -0.39 is 0 Å². The van der Waals surface area contributed by atoms with Crippen molar-refractivity contribution in [2.45, 2.75) is 19.9 Å². The standard InChI is InChI=1S/C25H25N3O3S/c1-17-9-4-7-12-22(17)31-14-8-13-28-16-18(19-10-5-6-11-21(19)28)15-20-23(29)26(2)25(32)27(3)24(20)30/h4-7,9-12,15-16H,8,13-14H2,1-3H3. The number of likely N-dealkylation sites (N-methyl/N-ethyl adjacent to an activating group) is 2. The number of hydrogen-bond acceptors (Lipinski definition) is 4. The van der Waals surface area contributed by atoms with Crippen molar-refractivity contribution in [3.8, 4) is 5.75 Å². The first-order valence-electron chi connectivity index (χ1n) is 10.5. The van der Waals surface area contributed by atoms with E-state index in [0.29, 0.717) is 6.61 Å². The van der Waals surface area contributed by atoms with Crippen LogP contribution in [0.2, 0.25) is 0 Å². The van der Waals surface area contributed by atoms with Gasteiger partial charge < -0.3 is 9.30 Å². The number of rotatable bonds is 6. The number of hydrogen-bond donors (Lipinski definition) is 0. The van der Waals surface area contributed by atoms with E-state index in [2.05, 4.69) is 4.57 Å². The molecule has 1 saturated heterocycles. The summed E-state index contributed by atoms with van der Waals surface area (Å²) >= 11 is 5.17. The number of fused-ring (bicyclic) bond motifs is 1. The lowest BCUT2D eigenvalue weighted by atomic mass is 10.1. The lowest BCUT2D eigenvalue weighted by Crippen LogP contribution is -2.52. The van der Waals surface area contributed by atoms with Crippen LogP contribution in [0.1, 0.15) is 17.5 Å². The van der Waals surface area contributed by atoms with Gasteiger partial charge in [0.2, 0.25) is 0 Å². The molecule has 164 valence electrons. The zero-order valence-corrected chi connectivity index (χ0v) is 19.2. The van der Waals surface area contributed by atoms with E-state index in [1.807, 2.05) is 61.7 Å². The van der Waals surface area contributed by atoms with Gasteiger partial charge in [-0.3, -0.25) is 19.4 Å². The molecular formula is C25H25N3O3S. The number of carbonyl (C=O) groups excluding carboxylic acids is 2. The summed E-state index contributed by atoms with van der Waals surface area (Å²) in [5, 5.41) is 1.19. The molecule has 0 atom stereocenters. The van der Waals surface area contributed by atoms with Crippen molar-refractivity contribution >= 4 is 46.1 Å². The summed E-state index contributed by atoms with van der Waals surface area (Å²) in [5.41, 5.74) is 3.09. The van der Waals surface area contributed by atoms with Crippen LogP contribution in [0.3, 0.4) is 0 Å². The Hall–Kier alpha value is -3.45. The Labute approximate surface area is 192 Å². The minimum atomic E-state index is -0.387. The highest BCUT2D eigenvalue weighted by molar-refractivity contribution is 7.80. The maximum atomic E-state index is 12.7. The van der Waals surface area contributed by atoms with Gasteiger partial charge in [0.15, 0.2) is 5.11 Å². The van der Waals surface area contributed by atoms with Crippen LogP contribution < -0.4 is 4.74 Å². The van der Waals surface area contributed by atoms with Gasteiger partial charge in [0.05, 0.1) is 6.61 Å². The summed E-state index contributed by atoms with van der Waals surface area (Å²) in [6, 6.07) is 15.9. The fourth-order valence-electron chi connectivity index (χ4n) is 3.84. The molecule has 2 aromatic carbocycles.